The molecule has 0 aromatic carbocycles. The minimum Gasteiger partial charge on any atom is -0.381 e. The molecule has 0 saturated heterocycles. The van der Waals surface area contributed by atoms with Gasteiger partial charge in [0.05, 0.1) is 6.61 Å². The number of methoxy groups -OCH3 is 1. The van der Waals surface area contributed by atoms with E-state index in [1.54, 1.807) is 13.0 Å². The summed E-state index contributed by atoms with van der Waals surface area (Å²) in [4.78, 5) is 0. The largest absolute Gasteiger partial charge is 0.381 e. The molecular formula is C12H17BrF3NO. The number of alkyl halides is 2. The molecule has 0 aliphatic carbocycles. The molecule has 0 aliphatic rings. The maximum atomic E-state index is 13.5. The van der Waals surface area contributed by atoms with Crippen LogP contribution < -0.4 is 5.32 Å². The molecular weight excluding hydrogens is 311 g/mol. The molecule has 0 aromatic rings. The predicted molar refractivity (Wildman–Crippen MR) is 70.5 cm³/mol. The van der Waals surface area contributed by atoms with Crippen LogP contribution in [0.2, 0.25) is 0 Å². The maximum absolute atomic E-state index is 13.5. The maximum Gasteiger partial charge on any atom is 0.328 e. The standard InChI is InChI=1S/C12H17BrF3NO/c1-9(13)8-11(14)10(2)12(15,16)17-6-4-5-7-18-3/h4-5,8,17H,6-7H2,1-3H3. The van der Waals surface area contributed by atoms with Crippen molar-refractivity contribution < 1.29 is 17.9 Å². The second-order valence-corrected chi connectivity index (χ2v) is 4.84. The van der Waals surface area contributed by atoms with Gasteiger partial charge in [-0.3, -0.25) is 5.32 Å². The second-order valence-electron chi connectivity index (χ2n) is 3.59. The summed E-state index contributed by atoms with van der Waals surface area (Å²) in [7, 11) is 1.50. The van der Waals surface area contributed by atoms with Crippen molar-refractivity contribution in [3.05, 3.63) is 34.1 Å². The first-order chi connectivity index (χ1) is 8.31. The van der Waals surface area contributed by atoms with E-state index in [1.807, 2.05) is 5.32 Å². The lowest BCUT2D eigenvalue weighted by Gasteiger charge is -2.18. The molecule has 0 unspecified atom stereocenters. The lowest BCUT2D eigenvalue weighted by Crippen LogP contribution is -2.38. The molecule has 0 saturated carbocycles. The van der Waals surface area contributed by atoms with Gasteiger partial charge in [-0.25, -0.2) is 4.39 Å². The van der Waals surface area contributed by atoms with Gasteiger partial charge in [0, 0.05) is 19.2 Å². The molecule has 0 rings (SSSR count). The quantitative estimate of drug-likeness (QED) is 0.435. The second kappa shape index (κ2) is 8.50. The SMILES string of the molecule is COCC=CCNC(F)(F)C(C)=C(F)C=C(C)Br. The van der Waals surface area contributed by atoms with Crippen LogP contribution in [0.1, 0.15) is 13.8 Å². The highest BCUT2D eigenvalue weighted by atomic mass is 79.9. The molecule has 0 fully saturated rings. The van der Waals surface area contributed by atoms with E-state index in [-0.39, 0.29) is 6.54 Å². The predicted octanol–water partition coefficient (Wildman–Crippen LogP) is 3.91. The van der Waals surface area contributed by atoms with E-state index in [1.165, 1.54) is 13.2 Å². The van der Waals surface area contributed by atoms with Gasteiger partial charge < -0.3 is 4.74 Å². The minimum atomic E-state index is -3.39. The fourth-order valence-electron chi connectivity index (χ4n) is 1.00. The van der Waals surface area contributed by atoms with Crippen LogP contribution in [-0.2, 0) is 4.74 Å². The van der Waals surface area contributed by atoms with Crippen molar-refractivity contribution in [3.63, 3.8) is 0 Å². The summed E-state index contributed by atoms with van der Waals surface area (Å²) in [5.41, 5.74) is -0.651. The van der Waals surface area contributed by atoms with Crippen molar-refractivity contribution in [2.75, 3.05) is 20.3 Å². The van der Waals surface area contributed by atoms with Gasteiger partial charge in [-0.2, -0.15) is 8.78 Å². The van der Waals surface area contributed by atoms with E-state index in [0.29, 0.717) is 11.1 Å². The van der Waals surface area contributed by atoms with E-state index in [4.69, 9.17) is 4.74 Å². The topological polar surface area (TPSA) is 21.3 Å². The molecule has 0 aliphatic heterocycles. The van der Waals surface area contributed by atoms with Crippen LogP contribution in [0.15, 0.2) is 34.1 Å². The zero-order valence-corrected chi connectivity index (χ0v) is 12.2. The lowest BCUT2D eigenvalue weighted by atomic mass is 10.2. The first-order valence-corrected chi connectivity index (χ1v) is 6.08. The van der Waals surface area contributed by atoms with Crippen LogP contribution in [0.25, 0.3) is 0 Å². The van der Waals surface area contributed by atoms with Crippen LogP contribution in [0.3, 0.4) is 0 Å². The van der Waals surface area contributed by atoms with Crippen molar-refractivity contribution in [1.82, 2.24) is 5.32 Å². The van der Waals surface area contributed by atoms with E-state index in [9.17, 15) is 13.2 Å². The smallest absolute Gasteiger partial charge is 0.328 e. The molecule has 2 nitrogen and oxygen atoms in total. The summed E-state index contributed by atoms with van der Waals surface area (Å²) in [5, 5.41) is 1.95. The number of nitrogens with one attached hydrogen (secondary N) is 1. The van der Waals surface area contributed by atoms with E-state index >= 15 is 0 Å². The highest BCUT2D eigenvalue weighted by molar-refractivity contribution is 9.11. The third-order valence-corrected chi connectivity index (χ3v) is 2.26. The number of halogens is 4. The highest BCUT2D eigenvalue weighted by Crippen LogP contribution is 2.26. The third kappa shape index (κ3) is 6.98. The van der Waals surface area contributed by atoms with Gasteiger partial charge in [0.25, 0.3) is 0 Å². The molecule has 0 aromatic heterocycles. The van der Waals surface area contributed by atoms with Gasteiger partial charge >= 0.3 is 6.05 Å². The number of hydrogen-bond donors (Lipinski definition) is 1. The normalized spacial score (nSPS) is 15.2. The van der Waals surface area contributed by atoms with Gasteiger partial charge in [-0.05, 0) is 24.4 Å². The summed E-state index contributed by atoms with van der Waals surface area (Å²) in [6.45, 7) is 2.89. The fourth-order valence-corrected chi connectivity index (χ4v) is 1.20. The van der Waals surface area contributed by atoms with Crippen LogP contribution >= 0.6 is 15.9 Å². The molecule has 0 heterocycles. The average Bonchev–Trinajstić information content (AvgIpc) is 2.26. The van der Waals surface area contributed by atoms with Crippen molar-refractivity contribution in [2.24, 2.45) is 0 Å². The molecule has 6 heteroatoms. The number of allylic oxidation sites excluding steroid dienone is 3. The molecule has 0 spiro atoms. The molecule has 0 radical (unpaired) electrons. The van der Waals surface area contributed by atoms with Crippen molar-refractivity contribution in [1.29, 1.82) is 0 Å². The van der Waals surface area contributed by atoms with E-state index < -0.39 is 17.4 Å². The Morgan fingerprint density at radius 1 is 1.33 bits per heavy atom. The fraction of sp³-hybridized carbons (Fsp3) is 0.500. The van der Waals surface area contributed by atoms with Gasteiger partial charge in [0.15, 0.2) is 0 Å². The Hall–Kier alpha value is -0.590. The summed E-state index contributed by atoms with van der Waals surface area (Å²) >= 11 is 2.99. The van der Waals surface area contributed by atoms with Crippen LogP contribution in [-0.4, -0.2) is 26.3 Å². The van der Waals surface area contributed by atoms with E-state index in [2.05, 4.69) is 15.9 Å². The van der Waals surface area contributed by atoms with Crippen molar-refractivity contribution in [3.8, 4) is 0 Å². The number of rotatable bonds is 7. The van der Waals surface area contributed by atoms with Crippen LogP contribution in [0.5, 0.6) is 0 Å². The number of ether oxygens (including phenoxy) is 1. The van der Waals surface area contributed by atoms with Gasteiger partial charge in [-0.15, -0.1) is 0 Å². The van der Waals surface area contributed by atoms with E-state index in [0.717, 1.165) is 13.0 Å². The van der Waals surface area contributed by atoms with Crippen molar-refractivity contribution in [2.45, 2.75) is 19.9 Å². The first kappa shape index (κ1) is 17.4. The summed E-state index contributed by atoms with van der Waals surface area (Å²) in [6, 6.07) is -3.39. The minimum absolute atomic E-state index is 0.0714. The molecule has 0 atom stereocenters. The van der Waals surface area contributed by atoms with Gasteiger partial charge in [0.1, 0.15) is 5.83 Å². The Labute approximate surface area is 114 Å². The molecule has 104 valence electrons. The zero-order valence-electron chi connectivity index (χ0n) is 10.6. The Morgan fingerprint density at radius 2 is 1.94 bits per heavy atom. The summed E-state index contributed by atoms with van der Waals surface area (Å²) in [6.07, 6.45) is 4.10. The van der Waals surface area contributed by atoms with Gasteiger partial charge in [0.2, 0.25) is 0 Å². The van der Waals surface area contributed by atoms with Gasteiger partial charge in [-0.1, -0.05) is 28.1 Å². The summed E-state index contributed by atoms with van der Waals surface area (Å²) in [5.74, 6) is -0.956. The van der Waals surface area contributed by atoms with Crippen molar-refractivity contribution >= 4 is 15.9 Å². The molecule has 0 amide bonds. The monoisotopic (exact) mass is 327 g/mol. The Morgan fingerprint density at radius 3 is 2.44 bits per heavy atom. The zero-order chi connectivity index (χ0) is 14.2. The lowest BCUT2D eigenvalue weighted by molar-refractivity contribution is 0.00601. The Kier molecular flexibility index (Phi) is 8.22. The van der Waals surface area contributed by atoms with Crippen LogP contribution in [0.4, 0.5) is 13.2 Å². The highest BCUT2D eigenvalue weighted by Gasteiger charge is 2.32. The first-order valence-electron chi connectivity index (χ1n) is 5.28. The molecule has 18 heavy (non-hydrogen) atoms. The summed E-state index contributed by atoms with van der Waals surface area (Å²) < 4.78 is 45.6. The number of hydrogen-bond acceptors (Lipinski definition) is 2. The third-order valence-electron chi connectivity index (χ3n) is 2.03. The molecule has 1 N–H and O–H groups in total. The Balaban J connectivity index is 4.57. The average molecular weight is 328 g/mol. The Bertz CT molecular complexity index is 347. The molecule has 0 bridgehead atoms. The van der Waals surface area contributed by atoms with Crippen LogP contribution in [0, 0.1) is 0 Å².